The van der Waals surface area contributed by atoms with Gasteiger partial charge in [0.1, 0.15) is 6.73 Å². The molecule has 0 unspecified atom stereocenters. The first-order valence-electron chi connectivity index (χ1n) is 4.52. The zero-order chi connectivity index (χ0) is 9.64. The second kappa shape index (κ2) is 4.58. The van der Waals surface area contributed by atoms with Crippen molar-refractivity contribution in [3.63, 3.8) is 0 Å². The van der Waals surface area contributed by atoms with E-state index in [1.54, 1.807) is 12.5 Å². The maximum absolute atomic E-state index is 5.49. The smallest absolute Gasteiger partial charge is 0.124 e. The second-order valence-electron chi connectivity index (χ2n) is 3.04. The Labute approximate surface area is 83.0 Å². The summed E-state index contributed by atoms with van der Waals surface area (Å²) in [5.41, 5.74) is 1.19. The summed E-state index contributed by atoms with van der Waals surface area (Å²) in [7, 11) is 0. The molecule has 0 aliphatic carbocycles. The van der Waals surface area contributed by atoms with E-state index >= 15 is 0 Å². The van der Waals surface area contributed by atoms with Gasteiger partial charge in [0.05, 0.1) is 12.9 Å². The Hall–Kier alpha value is -1.61. The minimum atomic E-state index is 0.550. The van der Waals surface area contributed by atoms with Gasteiger partial charge in [0.15, 0.2) is 0 Å². The SMILES string of the molecule is c1ccc(COCn2ccnc2)cc1. The zero-order valence-corrected chi connectivity index (χ0v) is 7.84. The summed E-state index contributed by atoms with van der Waals surface area (Å²) in [5, 5.41) is 0. The molecule has 1 aromatic carbocycles. The van der Waals surface area contributed by atoms with Gasteiger partial charge in [-0.25, -0.2) is 4.98 Å². The molecule has 3 heteroatoms. The molecule has 0 saturated heterocycles. The van der Waals surface area contributed by atoms with Crippen molar-refractivity contribution < 1.29 is 4.74 Å². The van der Waals surface area contributed by atoms with Crippen molar-refractivity contribution in [3.8, 4) is 0 Å². The van der Waals surface area contributed by atoms with Crippen molar-refractivity contribution >= 4 is 0 Å². The van der Waals surface area contributed by atoms with Crippen LogP contribution in [0.5, 0.6) is 0 Å². The fraction of sp³-hybridized carbons (Fsp3) is 0.182. The lowest BCUT2D eigenvalue weighted by atomic mass is 10.2. The van der Waals surface area contributed by atoms with E-state index in [2.05, 4.69) is 4.98 Å². The predicted molar refractivity (Wildman–Crippen MR) is 53.5 cm³/mol. The van der Waals surface area contributed by atoms with Gasteiger partial charge in [0.2, 0.25) is 0 Å². The second-order valence-corrected chi connectivity index (χ2v) is 3.04. The van der Waals surface area contributed by atoms with Crippen LogP contribution < -0.4 is 0 Å². The number of aromatic nitrogens is 2. The Balaban J connectivity index is 1.79. The quantitative estimate of drug-likeness (QED) is 0.734. The molecule has 0 bridgehead atoms. The van der Waals surface area contributed by atoms with E-state index in [-0.39, 0.29) is 0 Å². The monoisotopic (exact) mass is 188 g/mol. The average Bonchev–Trinajstić information content (AvgIpc) is 2.72. The normalized spacial score (nSPS) is 10.3. The average molecular weight is 188 g/mol. The van der Waals surface area contributed by atoms with Gasteiger partial charge in [-0.15, -0.1) is 0 Å². The minimum Gasteiger partial charge on any atom is -0.356 e. The molecule has 3 nitrogen and oxygen atoms in total. The molecule has 0 radical (unpaired) electrons. The van der Waals surface area contributed by atoms with Gasteiger partial charge in [0.25, 0.3) is 0 Å². The standard InChI is InChI=1S/C11H12N2O/c1-2-4-11(5-3-1)8-14-10-13-7-6-12-9-13/h1-7,9H,8,10H2. The third kappa shape index (κ3) is 2.44. The van der Waals surface area contributed by atoms with Gasteiger partial charge in [-0.05, 0) is 5.56 Å². The lowest BCUT2D eigenvalue weighted by molar-refractivity contribution is 0.0639. The van der Waals surface area contributed by atoms with Gasteiger partial charge in [-0.2, -0.15) is 0 Å². The predicted octanol–water partition coefficient (Wildman–Crippen LogP) is 2.06. The number of rotatable bonds is 4. The van der Waals surface area contributed by atoms with E-state index in [9.17, 15) is 0 Å². The van der Waals surface area contributed by atoms with Crippen LogP contribution >= 0.6 is 0 Å². The Bertz CT molecular complexity index is 356. The Morgan fingerprint density at radius 2 is 2.07 bits per heavy atom. The fourth-order valence-electron chi connectivity index (χ4n) is 1.21. The maximum Gasteiger partial charge on any atom is 0.124 e. The van der Waals surface area contributed by atoms with Crippen LogP contribution in [0.3, 0.4) is 0 Å². The molecule has 72 valence electrons. The molecule has 2 aromatic rings. The summed E-state index contributed by atoms with van der Waals surface area (Å²) >= 11 is 0. The van der Waals surface area contributed by atoms with E-state index in [1.807, 2.05) is 41.1 Å². The zero-order valence-electron chi connectivity index (χ0n) is 7.84. The highest BCUT2D eigenvalue weighted by Gasteiger charge is 1.91. The lowest BCUT2D eigenvalue weighted by Crippen LogP contribution is -1.99. The summed E-state index contributed by atoms with van der Waals surface area (Å²) in [6, 6.07) is 10.1. The number of benzene rings is 1. The Kier molecular flexibility index (Phi) is 2.93. The van der Waals surface area contributed by atoms with Crippen molar-refractivity contribution in [1.29, 1.82) is 0 Å². The third-order valence-corrected chi connectivity index (χ3v) is 1.91. The van der Waals surface area contributed by atoms with Crippen LogP contribution in [0.15, 0.2) is 49.1 Å². The van der Waals surface area contributed by atoms with Crippen LogP contribution in [0.25, 0.3) is 0 Å². The van der Waals surface area contributed by atoms with Crippen LogP contribution in [0.2, 0.25) is 0 Å². The van der Waals surface area contributed by atoms with Gasteiger partial charge in [-0.3, -0.25) is 0 Å². The number of hydrogen-bond donors (Lipinski definition) is 0. The van der Waals surface area contributed by atoms with Crippen LogP contribution in [0.4, 0.5) is 0 Å². The highest BCUT2D eigenvalue weighted by Crippen LogP contribution is 2.01. The van der Waals surface area contributed by atoms with E-state index in [0.29, 0.717) is 13.3 Å². The van der Waals surface area contributed by atoms with Crippen molar-refractivity contribution in [2.75, 3.05) is 0 Å². The van der Waals surface area contributed by atoms with Gasteiger partial charge in [0, 0.05) is 12.4 Å². The van der Waals surface area contributed by atoms with Gasteiger partial charge < -0.3 is 9.30 Å². The Morgan fingerprint density at radius 1 is 1.21 bits per heavy atom. The van der Waals surface area contributed by atoms with E-state index in [0.717, 1.165) is 0 Å². The van der Waals surface area contributed by atoms with Crippen LogP contribution in [0.1, 0.15) is 5.56 Å². The lowest BCUT2D eigenvalue weighted by Gasteiger charge is -2.04. The maximum atomic E-state index is 5.49. The minimum absolute atomic E-state index is 0.550. The molecule has 14 heavy (non-hydrogen) atoms. The summed E-state index contributed by atoms with van der Waals surface area (Å²) in [5.74, 6) is 0. The van der Waals surface area contributed by atoms with Gasteiger partial charge in [-0.1, -0.05) is 30.3 Å². The summed E-state index contributed by atoms with van der Waals surface area (Å²) in [6.07, 6.45) is 5.36. The van der Waals surface area contributed by atoms with E-state index in [4.69, 9.17) is 4.74 Å². The molecule has 0 fully saturated rings. The van der Waals surface area contributed by atoms with E-state index < -0.39 is 0 Å². The molecular weight excluding hydrogens is 176 g/mol. The molecule has 0 aliphatic heterocycles. The highest BCUT2D eigenvalue weighted by atomic mass is 16.5. The topological polar surface area (TPSA) is 27.1 Å². The van der Waals surface area contributed by atoms with Crippen LogP contribution in [-0.4, -0.2) is 9.55 Å². The Morgan fingerprint density at radius 3 is 2.79 bits per heavy atom. The first kappa shape index (κ1) is 8.97. The number of imidazole rings is 1. The van der Waals surface area contributed by atoms with Gasteiger partial charge >= 0.3 is 0 Å². The largest absolute Gasteiger partial charge is 0.356 e. The number of hydrogen-bond acceptors (Lipinski definition) is 2. The van der Waals surface area contributed by atoms with Crippen LogP contribution in [-0.2, 0) is 18.1 Å². The molecule has 0 N–H and O–H groups in total. The summed E-state index contributed by atoms with van der Waals surface area (Å²) in [4.78, 5) is 3.93. The van der Waals surface area contributed by atoms with Crippen molar-refractivity contribution in [3.05, 3.63) is 54.6 Å². The van der Waals surface area contributed by atoms with Crippen molar-refractivity contribution in [2.24, 2.45) is 0 Å². The first-order chi connectivity index (χ1) is 6.95. The van der Waals surface area contributed by atoms with Crippen molar-refractivity contribution in [1.82, 2.24) is 9.55 Å². The first-order valence-corrected chi connectivity index (χ1v) is 4.52. The number of nitrogens with zero attached hydrogens (tertiary/aromatic N) is 2. The molecule has 0 amide bonds. The highest BCUT2D eigenvalue weighted by molar-refractivity contribution is 5.13. The molecule has 0 atom stereocenters. The van der Waals surface area contributed by atoms with E-state index in [1.165, 1.54) is 5.56 Å². The van der Waals surface area contributed by atoms with Crippen molar-refractivity contribution in [2.45, 2.75) is 13.3 Å². The molecule has 2 rings (SSSR count). The fourth-order valence-corrected chi connectivity index (χ4v) is 1.21. The summed E-state index contributed by atoms with van der Waals surface area (Å²) in [6.45, 7) is 1.19. The summed E-state index contributed by atoms with van der Waals surface area (Å²) < 4.78 is 7.38. The molecule has 1 heterocycles. The number of ether oxygens (including phenoxy) is 1. The molecule has 0 spiro atoms. The third-order valence-electron chi connectivity index (χ3n) is 1.91. The molecule has 0 aliphatic rings. The van der Waals surface area contributed by atoms with Crippen LogP contribution in [0, 0.1) is 0 Å². The molecular formula is C11H12N2O. The molecule has 1 aromatic heterocycles. The molecule has 0 saturated carbocycles.